The van der Waals surface area contributed by atoms with Gasteiger partial charge in [0.25, 0.3) is 0 Å². The van der Waals surface area contributed by atoms with Crippen molar-refractivity contribution in [2.75, 3.05) is 7.05 Å². The van der Waals surface area contributed by atoms with Crippen molar-refractivity contribution >= 4 is 11.3 Å². The summed E-state index contributed by atoms with van der Waals surface area (Å²) in [4.78, 5) is 2.83. The molecule has 0 aromatic carbocycles. The Morgan fingerprint density at radius 2 is 2.00 bits per heavy atom. The predicted octanol–water partition coefficient (Wildman–Crippen LogP) is 2.89. The van der Waals surface area contributed by atoms with Crippen LogP contribution in [0.2, 0.25) is 0 Å². The first-order chi connectivity index (χ1) is 8.65. The number of hydrogen-bond donors (Lipinski definition) is 1. The average molecular weight is 263 g/mol. The Balaban J connectivity index is 2.21. The minimum absolute atomic E-state index is 0.890. The molecule has 3 nitrogen and oxygen atoms in total. The monoisotopic (exact) mass is 263 g/mol. The van der Waals surface area contributed by atoms with Gasteiger partial charge in [0, 0.05) is 27.6 Å². The third kappa shape index (κ3) is 2.65. The van der Waals surface area contributed by atoms with E-state index in [4.69, 9.17) is 0 Å². The topological polar surface area (TPSA) is 29.9 Å². The molecule has 0 fully saturated rings. The molecule has 2 heterocycles. The maximum Gasteiger partial charge on any atom is 0.0755 e. The normalized spacial score (nSPS) is 11.1. The van der Waals surface area contributed by atoms with Gasteiger partial charge in [-0.1, -0.05) is 6.92 Å². The van der Waals surface area contributed by atoms with Gasteiger partial charge in [0.2, 0.25) is 0 Å². The molecule has 0 aliphatic carbocycles. The smallest absolute Gasteiger partial charge is 0.0755 e. The Morgan fingerprint density at radius 1 is 1.28 bits per heavy atom. The van der Waals surface area contributed by atoms with Gasteiger partial charge in [-0.25, -0.2) is 0 Å². The second-order valence-electron chi connectivity index (χ2n) is 4.56. The Kier molecular flexibility index (Phi) is 4.19. The molecular weight excluding hydrogens is 242 g/mol. The first-order valence-electron chi connectivity index (χ1n) is 6.40. The summed E-state index contributed by atoms with van der Waals surface area (Å²) in [6.45, 7) is 8.22. The van der Waals surface area contributed by atoms with Crippen LogP contribution in [0.3, 0.4) is 0 Å². The van der Waals surface area contributed by atoms with Crippen molar-refractivity contribution < 1.29 is 0 Å². The van der Waals surface area contributed by atoms with E-state index < -0.39 is 0 Å². The van der Waals surface area contributed by atoms with Crippen LogP contribution in [0.5, 0.6) is 0 Å². The van der Waals surface area contributed by atoms with E-state index in [0.717, 1.165) is 25.2 Å². The Labute approximate surface area is 113 Å². The fourth-order valence-corrected chi connectivity index (χ4v) is 3.11. The summed E-state index contributed by atoms with van der Waals surface area (Å²) in [5.41, 5.74) is 3.73. The zero-order chi connectivity index (χ0) is 13.1. The number of hydrogen-bond acceptors (Lipinski definition) is 3. The molecule has 4 heteroatoms. The van der Waals surface area contributed by atoms with E-state index in [1.54, 1.807) is 0 Å². The Hall–Kier alpha value is -1.13. The summed E-state index contributed by atoms with van der Waals surface area (Å²) in [6, 6.07) is 4.44. The number of nitrogens with one attached hydrogen (secondary N) is 1. The van der Waals surface area contributed by atoms with Gasteiger partial charge >= 0.3 is 0 Å². The van der Waals surface area contributed by atoms with Gasteiger partial charge in [0.15, 0.2) is 0 Å². The first-order valence-corrected chi connectivity index (χ1v) is 7.22. The fraction of sp³-hybridized carbons (Fsp3) is 0.500. The number of aryl methyl sites for hydroxylation is 2. The van der Waals surface area contributed by atoms with Gasteiger partial charge in [-0.15, -0.1) is 11.3 Å². The summed E-state index contributed by atoms with van der Waals surface area (Å²) in [5, 5.41) is 7.85. The van der Waals surface area contributed by atoms with Crippen LogP contribution >= 0.6 is 11.3 Å². The Bertz CT molecular complexity index is 525. The van der Waals surface area contributed by atoms with E-state index in [1.165, 1.54) is 21.0 Å². The summed E-state index contributed by atoms with van der Waals surface area (Å²) in [7, 11) is 1.98. The van der Waals surface area contributed by atoms with Crippen LogP contribution in [-0.4, -0.2) is 16.8 Å². The summed E-state index contributed by atoms with van der Waals surface area (Å²) >= 11 is 1.89. The second-order valence-corrected chi connectivity index (χ2v) is 5.81. The predicted molar refractivity (Wildman–Crippen MR) is 77.3 cm³/mol. The SMILES string of the molecule is CCc1ccc(Cn2nc(C)c(CNC)c2C)s1. The van der Waals surface area contributed by atoms with Gasteiger partial charge in [-0.05, 0) is 39.4 Å². The standard InChI is InChI=1S/C14H21N3S/c1-5-12-6-7-13(18-12)9-17-11(3)14(8-15-4)10(2)16-17/h6-7,15H,5,8-9H2,1-4H3. The molecule has 2 rings (SSSR count). The minimum atomic E-state index is 0.890. The van der Waals surface area contributed by atoms with E-state index in [1.807, 2.05) is 18.4 Å². The van der Waals surface area contributed by atoms with E-state index in [-0.39, 0.29) is 0 Å². The number of nitrogens with zero attached hydrogens (tertiary/aromatic N) is 2. The zero-order valence-corrected chi connectivity index (χ0v) is 12.4. The van der Waals surface area contributed by atoms with E-state index in [0.29, 0.717) is 0 Å². The molecule has 0 aliphatic rings. The first kappa shape index (κ1) is 13.3. The van der Waals surface area contributed by atoms with E-state index in [2.05, 4.69) is 48.0 Å². The third-order valence-corrected chi connectivity index (χ3v) is 4.47. The minimum Gasteiger partial charge on any atom is -0.316 e. The number of rotatable bonds is 5. The second kappa shape index (κ2) is 5.67. The fourth-order valence-electron chi connectivity index (χ4n) is 2.17. The molecule has 2 aromatic heterocycles. The molecule has 0 saturated heterocycles. The van der Waals surface area contributed by atoms with Crippen LogP contribution in [0.15, 0.2) is 12.1 Å². The van der Waals surface area contributed by atoms with Gasteiger partial charge in [-0.2, -0.15) is 5.10 Å². The molecule has 0 radical (unpaired) electrons. The van der Waals surface area contributed by atoms with Crippen molar-refractivity contribution in [3.8, 4) is 0 Å². The van der Waals surface area contributed by atoms with E-state index in [9.17, 15) is 0 Å². The van der Waals surface area contributed by atoms with Crippen LogP contribution in [0.25, 0.3) is 0 Å². The van der Waals surface area contributed by atoms with Gasteiger partial charge < -0.3 is 5.32 Å². The molecule has 98 valence electrons. The molecule has 0 spiro atoms. The van der Waals surface area contributed by atoms with Crippen molar-refractivity contribution in [2.45, 2.75) is 40.3 Å². The summed E-state index contributed by atoms with van der Waals surface area (Å²) < 4.78 is 2.12. The molecule has 2 aromatic rings. The highest BCUT2D eigenvalue weighted by Gasteiger charge is 2.11. The quantitative estimate of drug-likeness (QED) is 0.899. The van der Waals surface area contributed by atoms with Crippen molar-refractivity contribution in [3.05, 3.63) is 38.8 Å². The van der Waals surface area contributed by atoms with Crippen LogP contribution in [0.4, 0.5) is 0 Å². The molecule has 0 aliphatic heterocycles. The molecule has 0 unspecified atom stereocenters. The molecular formula is C14H21N3S. The van der Waals surface area contributed by atoms with E-state index >= 15 is 0 Å². The molecule has 0 atom stereocenters. The molecule has 0 bridgehead atoms. The molecule has 18 heavy (non-hydrogen) atoms. The summed E-state index contributed by atoms with van der Waals surface area (Å²) in [6.07, 6.45) is 1.12. The molecule has 0 saturated carbocycles. The van der Waals surface area contributed by atoms with Gasteiger partial charge in [-0.3, -0.25) is 4.68 Å². The lowest BCUT2D eigenvalue weighted by Crippen LogP contribution is -2.08. The van der Waals surface area contributed by atoms with Crippen molar-refractivity contribution in [2.24, 2.45) is 0 Å². The largest absolute Gasteiger partial charge is 0.316 e. The third-order valence-electron chi connectivity index (χ3n) is 3.26. The average Bonchev–Trinajstić information content (AvgIpc) is 2.90. The number of thiophene rings is 1. The molecule has 0 amide bonds. The van der Waals surface area contributed by atoms with Gasteiger partial charge in [0.05, 0.1) is 12.2 Å². The lowest BCUT2D eigenvalue weighted by atomic mass is 10.2. The lowest BCUT2D eigenvalue weighted by molar-refractivity contribution is 0.664. The lowest BCUT2D eigenvalue weighted by Gasteiger charge is -2.03. The van der Waals surface area contributed by atoms with Crippen molar-refractivity contribution in [1.82, 2.24) is 15.1 Å². The van der Waals surface area contributed by atoms with Crippen LogP contribution < -0.4 is 5.32 Å². The number of aromatic nitrogens is 2. The zero-order valence-electron chi connectivity index (χ0n) is 11.6. The summed E-state index contributed by atoms with van der Waals surface area (Å²) in [5.74, 6) is 0. The van der Waals surface area contributed by atoms with Crippen molar-refractivity contribution in [3.63, 3.8) is 0 Å². The Morgan fingerprint density at radius 3 is 2.61 bits per heavy atom. The molecule has 1 N–H and O–H groups in total. The van der Waals surface area contributed by atoms with Crippen molar-refractivity contribution in [1.29, 1.82) is 0 Å². The highest BCUT2D eigenvalue weighted by molar-refractivity contribution is 7.11. The highest BCUT2D eigenvalue weighted by Crippen LogP contribution is 2.20. The maximum atomic E-state index is 4.64. The maximum absolute atomic E-state index is 4.64. The van der Waals surface area contributed by atoms with Gasteiger partial charge in [0.1, 0.15) is 0 Å². The van der Waals surface area contributed by atoms with Crippen LogP contribution in [0.1, 0.15) is 33.6 Å². The van der Waals surface area contributed by atoms with Crippen LogP contribution in [-0.2, 0) is 19.5 Å². The van der Waals surface area contributed by atoms with Crippen LogP contribution in [0, 0.1) is 13.8 Å². The highest BCUT2D eigenvalue weighted by atomic mass is 32.1.